The number of Topliss-reactive ketones (excluding diaryl/α,β-unsaturated/α-hetero) is 1. The van der Waals surface area contributed by atoms with E-state index in [1.54, 1.807) is 44.4 Å². The first-order valence-electron chi connectivity index (χ1n) is 9.19. The maximum atomic E-state index is 12.3. The van der Waals surface area contributed by atoms with Crippen molar-refractivity contribution in [2.75, 3.05) is 26.0 Å². The molecule has 6 heteroatoms. The summed E-state index contributed by atoms with van der Waals surface area (Å²) in [5.41, 5.74) is 3.67. The fourth-order valence-electron chi connectivity index (χ4n) is 3.56. The van der Waals surface area contributed by atoms with Crippen molar-refractivity contribution in [1.29, 1.82) is 0 Å². The first-order valence-corrected chi connectivity index (χ1v) is 9.19. The van der Waals surface area contributed by atoms with Gasteiger partial charge in [0.25, 0.3) is 11.8 Å². The fourth-order valence-corrected chi connectivity index (χ4v) is 3.56. The number of carbonyl (C=O) groups excluding carboxylic acids is 3. The number of rotatable bonds is 5. The lowest BCUT2D eigenvalue weighted by molar-refractivity contribution is -0.118. The molecule has 0 heterocycles. The largest absolute Gasteiger partial charge is 0.483 e. The topological polar surface area (TPSA) is 75.7 Å². The van der Waals surface area contributed by atoms with Gasteiger partial charge in [0.2, 0.25) is 0 Å². The van der Waals surface area contributed by atoms with Crippen LogP contribution in [0.15, 0.2) is 36.4 Å². The van der Waals surface area contributed by atoms with Crippen LogP contribution in [0.4, 0.5) is 5.69 Å². The van der Waals surface area contributed by atoms with Crippen LogP contribution in [0.3, 0.4) is 0 Å². The predicted molar refractivity (Wildman–Crippen MR) is 107 cm³/mol. The summed E-state index contributed by atoms with van der Waals surface area (Å²) in [5, 5.41) is 2.73. The maximum absolute atomic E-state index is 12.3. The normalized spacial score (nSPS) is 15.1. The highest BCUT2D eigenvalue weighted by Crippen LogP contribution is 2.40. The van der Waals surface area contributed by atoms with E-state index in [0.717, 1.165) is 11.1 Å². The van der Waals surface area contributed by atoms with E-state index < -0.39 is 0 Å². The summed E-state index contributed by atoms with van der Waals surface area (Å²) in [6, 6.07) is 10.4. The Balaban J connectivity index is 1.69. The van der Waals surface area contributed by atoms with Crippen molar-refractivity contribution in [3.8, 4) is 5.75 Å². The molecule has 1 aliphatic carbocycles. The lowest BCUT2D eigenvalue weighted by Gasteiger charge is -2.14. The minimum absolute atomic E-state index is 0.0523. The Bertz CT molecular complexity index is 950. The minimum Gasteiger partial charge on any atom is -0.483 e. The first-order chi connectivity index (χ1) is 13.3. The van der Waals surface area contributed by atoms with Gasteiger partial charge >= 0.3 is 0 Å². The second-order valence-electron chi connectivity index (χ2n) is 7.31. The number of nitrogens with zero attached hydrogens (tertiary/aromatic N) is 1. The van der Waals surface area contributed by atoms with Crippen molar-refractivity contribution in [2.24, 2.45) is 0 Å². The Kier molecular flexibility index (Phi) is 5.49. The molecule has 3 rings (SSSR count). The van der Waals surface area contributed by atoms with E-state index in [1.165, 1.54) is 4.90 Å². The smallest absolute Gasteiger partial charge is 0.262 e. The number of anilines is 1. The van der Waals surface area contributed by atoms with Crippen LogP contribution >= 0.6 is 0 Å². The number of hydrogen-bond acceptors (Lipinski definition) is 4. The van der Waals surface area contributed by atoms with Crippen molar-refractivity contribution >= 4 is 23.3 Å². The van der Waals surface area contributed by atoms with E-state index in [2.05, 4.69) is 5.32 Å². The highest BCUT2D eigenvalue weighted by Gasteiger charge is 2.31. The van der Waals surface area contributed by atoms with Gasteiger partial charge < -0.3 is 15.0 Å². The van der Waals surface area contributed by atoms with E-state index in [-0.39, 0.29) is 30.1 Å². The molecule has 2 amide bonds. The van der Waals surface area contributed by atoms with Crippen LogP contribution in [0.5, 0.6) is 5.75 Å². The number of hydrogen-bond donors (Lipinski definition) is 1. The van der Waals surface area contributed by atoms with Gasteiger partial charge in [0.1, 0.15) is 5.75 Å². The zero-order valence-corrected chi connectivity index (χ0v) is 16.5. The summed E-state index contributed by atoms with van der Waals surface area (Å²) in [7, 11) is 3.34. The van der Waals surface area contributed by atoms with Gasteiger partial charge in [-0.2, -0.15) is 0 Å². The lowest BCUT2D eigenvalue weighted by atomic mass is 9.97. The third-order valence-corrected chi connectivity index (χ3v) is 4.85. The number of aryl methyl sites for hydroxylation is 1. The van der Waals surface area contributed by atoms with E-state index in [1.807, 2.05) is 19.9 Å². The monoisotopic (exact) mass is 380 g/mol. The summed E-state index contributed by atoms with van der Waals surface area (Å²) in [4.78, 5) is 38.1. The van der Waals surface area contributed by atoms with E-state index in [4.69, 9.17) is 4.74 Å². The van der Waals surface area contributed by atoms with Crippen molar-refractivity contribution in [1.82, 2.24) is 4.90 Å². The van der Waals surface area contributed by atoms with Crippen molar-refractivity contribution in [3.63, 3.8) is 0 Å². The molecule has 0 unspecified atom stereocenters. The van der Waals surface area contributed by atoms with E-state index in [0.29, 0.717) is 29.0 Å². The predicted octanol–water partition coefficient (Wildman–Crippen LogP) is 3.40. The molecule has 0 bridgehead atoms. The molecule has 6 nitrogen and oxygen atoms in total. The third-order valence-electron chi connectivity index (χ3n) is 4.85. The summed E-state index contributed by atoms with van der Waals surface area (Å²) in [5.74, 6) is 0.160. The molecule has 2 aromatic rings. The maximum Gasteiger partial charge on any atom is 0.262 e. The molecule has 0 saturated carbocycles. The van der Waals surface area contributed by atoms with Gasteiger partial charge in [0.05, 0.1) is 5.56 Å². The molecular weight excluding hydrogens is 356 g/mol. The number of nitrogens with one attached hydrogen (secondary N) is 1. The highest BCUT2D eigenvalue weighted by molar-refractivity contribution is 6.04. The summed E-state index contributed by atoms with van der Waals surface area (Å²) < 4.78 is 5.66. The third kappa shape index (κ3) is 3.91. The fraction of sp³-hybridized carbons (Fsp3) is 0.318. The van der Waals surface area contributed by atoms with Crippen molar-refractivity contribution in [2.45, 2.75) is 26.2 Å². The Morgan fingerprint density at radius 2 is 1.96 bits per heavy atom. The molecule has 146 valence electrons. The van der Waals surface area contributed by atoms with Gasteiger partial charge in [0.15, 0.2) is 12.4 Å². The van der Waals surface area contributed by atoms with E-state index in [9.17, 15) is 14.4 Å². The Morgan fingerprint density at radius 1 is 1.21 bits per heavy atom. The van der Waals surface area contributed by atoms with E-state index >= 15 is 0 Å². The molecule has 0 saturated heterocycles. The molecule has 28 heavy (non-hydrogen) atoms. The molecule has 1 N–H and O–H groups in total. The number of benzene rings is 2. The number of ketones is 1. The molecule has 0 spiro atoms. The van der Waals surface area contributed by atoms with Crippen LogP contribution in [0.2, 0.25) is 0 Å². The zero-order chi connectivity index (χ0) is 20.4. The summed E-state index contributed by atoms with van der Waals surface area (Å²) in [6.07, 6.45) is 0.468. The lowest BCUT2D eigenvalue weighted by Crippen LogP contribution is -2.23. The first kappa shape index (κ1) is 19.6. The van der Waals surface area contributed by atoms with Gasteiger partial charge in [0, 0.05) is 31.8 Å². The van der Waals surface area contributed by atoms with Gasteiger partial charge in [-0.05, 0) is 48.2 Å². The molecule has 0 aromatic heterocycles. The van der Waals surface area contributed by atoms with Crippen molar-refractivity contribution in [3.05, 3.63) is 58.7 Å². The Morgan fingerprint density at radius 3 is 2.68 bits per heavy atom. The molecule has 1 aliphatic rings. The molecule has 1 atom stereocenters. The number of amides is 2. The molecular formula is C22H24N2O4. The van der Waals surface area contributed by atoms with Crippen LogP contribution < -0.4 is 10.1 Å². The number of ether oxygens (including phenoxy) is 1. The number of fused-ring (bicyclic) bond motifs is 1. The van der Waals surface area contributed by atoms with Crippen LogP contribution in [-0.2, 0) is 4.79 Å². The minimum atomic E-state index is -0.359. The van der Waals surface area contributed by atoms with Gasteiger partial charge in [-0.3, -0.25) is 14.4 Å². The molecule has 0 fully saturated rings. The highest BCUT2D eigenvalue weighted by atomic mass is 16.5. The Labute approximate surface area is 164 Å². The Hall–Kier alpha value is -3.15. The van der Waals surface area contributed by atoms with Crippen LogP contribution in [-0.4, -0.2) is 43.2 Å². The second kappa shape index (κ2) is 7.84. The SMILES string of the molecule is Cc1ccc(OCC(=O)Nc2cccc(C(=O)N(C)C)c2)c2c1[C@@H](C)CC2=O. The molecule has 0 radical (unpaired) electrons. The van der Waals surface area contributed by atoms with Gasteiger partial charge in [-0.15, -0.1) is 0 Å². The zero-order valence-electron chi connectivity index (χ0n) is 16.5. The average Bonchev–Trinajstić information content (AvgIpc) is 2.96. The quantitative estimate of drug-likeness (QED) is 0.863. The molecule has 2 aromatic carbocycles. The molecule has 0 aliphatic heterocycles. The summed E-state index contributed by atoms with van der Waals surface area (Å²) >= 11 is 0. The average molecular weight is 380 g/mol. The van der Waals surface area contributed by atoms with Gasteiger partial charge in [-0.25, -0.2) is 0 Å². The number of carbonyl (C=O) groups is 3. The summed E-state index contributed by atoms with van der Waals surface area (Å²) in [6.45, 7) is 3.78. The second-order valence-corrected chi connectivity index (χ2v) is 7.31. The van der Waals surface area contributed by atoms with Gasteiger partial charge in [-0.1, -0.05) is 19.1 Å². The van der Waals surface area contributed by atoms with Crippen molar-refractivity contribution < 1.29 is 19.1 Å². The van der Waals surface area contributed by atoms with Crippen LogP contribution in [0.1, 0.15) is 51.1 Å². The standard InChI is InChI=1S/C22H24N2O4/c1-13-8-9-18(21-17(25)10-14(2)20(13)21)28-12-19(26)23-16-7-5-6-15(11-16)22(27)24(3)4/h5-9,11,14H,10,12H2,1-4H3,(H,23,26)/t14-/m0/s1. The van der Waals surface area contributed by atoms with Crippen LogP contribution in [0, 0.1) is 6.92 Å². The van der Waals surface area contributed by atoms with Crippen LogP contribution in [0.25, 0.3) is 0 Å².